The van der Waals surface area contributed by atoms with Crippen molar-refractivity contribution in [2.75, 3.05) is 19.6 Å². The zero-order valence-corrected chi connectivity index (χ0v) is 15.2. The number of methoxy groups -OCH3 is 1. The molecule has 1 aromatic carbocycles. The summed E-state index contributed by atoms with van der Waals surface area (Å²) in [6.07, 6.45) is 0.431. The molecule has 0 spiro atoms. The van der Waals surface area contributed by atoms with Crippen LogP contribution in [0.5, 0.6) is 0 Å². The first-order valence-electron chi connectivity index (χ1n) is 5.53. The summed E-state index contributed by atoms with van der Waals surface area (Å²) in [7, 11) is -2.37. The molecule has 1 unspecified atom stereocenters. The Morgan fingerprint density at radius 1 is 1.35 bits per heavy atom. The minimum Gasteiger partial charge on any atom is -0.383 e. The van der Waals surface area contributed by atoms with Crippen LogP contribution in [0.25, 0.3) is 0 Å². The van der Waals surface area contributed by atoms with Gasteiger partial charge in [0.2, 0.25) is 10.0 Å². The van der Waals surface area contributed by atoms with Gasteiger partial charge in [0.15, 0.2) is 0 Å². The van der Waals surface area contributed by atoms with E-state index in [0.717, 1.165) is 0 Å². The molecule has 0 aliphatic carbocycles. The minimum absolute atomic E-state index is 0.0407. The number of hydrogen-bond donors (Lipinski definition) is 1. The summed E-state index contributed by atoms with van der Waals surface area (Å²) in [5.74, 6) is 0.304. The standard InChI is InChI=1S/C11H13BrCl3NO3S/c1-19-6-8(2-3-13)16-20(17,18)11-9(14)4-7(12)5-10(11)15/h4-5,8,16H,2-3,6H2,1H3. The largest absolute Gasteiger partial charge is 0.383 e. The molecule has 9 heteroatoms. The third-order valence-corrected chi connectivity index (χ3v) is 5.50. The second kappa shape index (κ2) is 8.17. The van der Waals surface area contributed by atoms with Crippen LogP contribution >= 0.6 is 50.7 Å². The molecule has 0 amide bonds. The van der Waals surface area contributed by atoms with Crippen LogP contribution in [0, 0.1) is 0 Å². The number of ether oxygens (including phenoxy) is 1. The molecule has 20 heavy (non-hydrogen) atoms. The van der Waals surface area contributed by atoms with Gasteiger partial charge in [-0.1, -0.05) is 39.1 Å². The molecule has 0 saturated heterocycles. The predicted molar refractivity (Wildman–Crippen MR) is 85.5 cm³/mol. The Kier molecular flexibility index (Phi) is 7.56. The van der Waals surface area contributed by atoms with Gasteiger partial charge in [0.1, 0.15) is 4.90 Å². The third-order valence-electron chi connectivity index (χ3n) is 2.38. The van der Waals surface area contributed by atoms with E-state index < -0.39 is 16.1 Å². The quantitative estimate of drug-likeness (QED) is 0.678. The van der Waals surface area contributed by atoms with Gasteiger partial charge in [0.05, 0.1) is 16.7 Å². The second-order valence-corrected chi connectivity index (χ2v) is 7.71. The first-order chi connectivity index (χ1) is 9.31. The number of hydrogen-bond acceptors (Lipinski definition) is 3. The van der Waals surface area contributed by atoms with Crippen LogP contribution in [-0.4, -0.2) is 34.1 Å². The van der Waals surface area contributed by atoms with Gasteiger partial charge in [0, 0.05) is 23.5 Å². The summed E-state index contributed by atoms with van der Waals surface area (Å²) in [6, 6.07) is 2.49. The summed E-state index contributed by atoms with van der Waals surface area (Å²) in [4.78, 5) is -0.153. The number of sulfonamides is 1. The molecule has 0 aliphatic rings. The summed E-state index contributed by atoms with van der Waals surface area (Å²) in [5.41, 5.74) is 0. The molecule has 1 atom stereocenters. The molecular weight excluding hydrogens is 412 g/mol. The van der Waals surface area contributed by atoms with Crippen molar-refractivity contribution < 1.29 is 13.2 Å². The maximum absolute atomic E-state index is 12.4. The average Bonchev–Trinajstić information content (AvgIpc) is 2.26. The van der Waals surface area contributed by atoms with E-state index in [9.17, 15) is 8.42 Å². The van der Waals surface area contributed by atoms with Crippen molar-refractivity contribution in [3.05, 3.63) is 26.7 Å². The third kappa shape index (κ3) is 5.02. The van der Waals surface area contributed by atoms with Gasteiger partial charge < -0.3 is 4.74 Å². The van der Waals surface area contributed by atoms with E-state index in [0.29, 0.717) is 16.8 Å². The fourth-order valence-electron chi connectivity index (χ4n) is 1.57. The van der Waals surface area contributed by atoms with Crippen LogP contribution in [-0.2, 0) is 14.8 Å². The Balaban J connectivity index is 3.10. The maximum Gasteiger partial charge on any atom is 0.243 e. The lowest BCUT2D eigenvalue weighted by molar-refractivity contribution is 0.173. The van der Waals surface area contributed by atoms with Gasteiger partial charge in [0.25, 0.3) is 0 Å². The highest BCUT2D eigenvalue weighted by molar-refractivity contribution is 9.10. The lowest BCUT2D eigenvalue weighted by Crippen LogP contribution is -2.38. The molecule has 0 heterocycles. The number of alkyl halides is 1. The Labute approximate surface area is 141 Å². The zero-order chi connectivity index (χ0) is 15.3. The van der Waals surface area contributed by atoms with Crippen LogP contribution in [0.15, 0.2) is 21.5 Å². The smallest absolute Gasteiger partial charge is 0.243 e. The SMILES string of the molecule is COCC(CCCl)NS(=O)(=O)c1c(Cl)cc(Br)cc1Cl. The monoisotopic (exact) mass is 423 g/mol. The normalized spacial score (nSPS) is 13.4. The summed E-state index contributed by atoms with van der Waals surface area (Å²) < 4.78 is 32.8. The van der Waals surface area contributed by atoms with Gasteiger partial charge in [-0.15, -0.1) is 11.6 Å². The van der Waals surface area contributed by atoms with E-state index in [2.05, 4.69) is 20.7 Å². The molecule has 1 rings (SSSR count). The maximum atomic E-state index is 12.4. The highest BCUT2D eigenvalue weighted by Gasteiger charge is 2.25. The summed E-state index contributed by atoms with van der Waals surface area (Å²) in [6.45, 7) is 0.206. The predicted octanol–water partition coefficient (Wildman–Crippen LogP) is 3.68. The fourth-order valence-corrected chi connectivity index (χ4v) is 5.03. The molecule has 0 saturated carbocycles. The first-order valence-corrected chi connectivity index (χ1v) is 9.10. The molecule has 0 radical (unpaired) electrons. The Morgan fingerprint density at radius 2 is 1.90 bits per heavy atom. The van der Waals surface area contributed by atoms with Gasteiger partial charge in [-0.3, -0.25) is 0 Å². The van der Waals surface area contributed by atoms with E-state index in [1.54, 1.807) is 0 Å². The number of nitrogens with one attached hydrogen (secondary N) is 1. The number of rotatable bonds is 7. The first kappa shape index (κ1) is 18.5. The summed E-state index contributed by atoms with van der Waals surface area (Å²) in [5, 5.41) is 0.0813. The van der Waals surface area contributed by atoms with Crippen LogP contribution in [0.4, 0.5) is 0 Å². The van der Waals surface area contributed by atoms with Crippen LogP contribution in [0.1, 0.15) is 6.42 Å². The van der Waals surface area contributed by atoms with Crippen molar-refractivity contribution in [2.24, 2.45) is 0 Å². The van der Waals surface area contributed by atoms with Crippen molar-refractivity contribution in [2.45, 2.75) is 17.4 Å². The molecular formula is C11H13BrCl3NO3S. The molecule has 4 nitrogen and oxygen atoms in total. The molecule has 0 aliphatic heterocycles. The molecule has 0 bridgehead atoms. The van der Waals surface area contributed by atoms with Crippen LogP contribution in [0.3, 0.4) is 0 Å². The van der Waals surface area contributed by atoms with Crippen molar-refractivity contribution in [3.8, 4) is 0 Å². The number of benzene rings is 1. The molecule has 0 fully saturated rings. The van der Waals surface area contributed by atoms with Crippen LogP contribution < -0.4 is 4.72 Å². The van der Waals surface area contributed by atoms with Gasteiger partial charge >= 0.3 is 0 Å². The summed E-state index contributed by atoms with van der Waals surface area (Å²) >= 11 is 20.8. The van der Waals surface area contributed by atoms with Crippen molar-refractivity contribution >= 4 is 60.8 Å². The minimum atomic E-state index is -3.86. The number of halogens is 4. The van der Waals surface area contributed by atoms with Crippen molar-refractivity contribution in [3.63, 3.8) is 0 Å². The van der Waals surface area contributed by atoms with E-state index in [1.807, 2.05) is 0 Å². The molecule has 114 valence electrons. The van der Waals surface area contributed by atoms with E-state index in [4.69, 9.17) is 39.5 Å². The highest BCUT2D eigenvalue weighted by Crippen LogP contribution is 2.32. The fraction of sp³-hybridized carbons (Fsp3) is 0.455. The second-order valence-electron chi connectivity index (χ2n) is 3.95. The van der Waals surface area contributed by atoms with Gasteiger partial charge in [-0.05, 0) is 18.6 Å². The van der Waals surface area contributed by atoms with Gasteiger partial charge in [-0.2, -0.15) is 0 Å². The molecule has 1 aromatic rings. The zero-order valence-electron chi connectivity index (χ0n) is 10.5. The highest BCUT2D eigenvalue weighted by atomic mass is 79.9. The molecule has 1 N–H and O–H groups in total. The Morgan fingerprint density at radius 3 is 2.35 bits per heavy atom. The molecule has 0 aromatic heterocycles. The Hall–Kier alpha value is 0.440. The van der Waals surface area contributed by atoms with E-state index >= 15 is 0 Å². The topological polar surface area (TPSA) is 55.4 Å². The van der Waals surface area contributed by atoms with E-state index in [-0.39, 0.29) is 21.5 Å². The van der Waals surface area contributed by atoms with Crippen molar-refractivity contribution in [1.29, 1.82) is 0 Å². The van der Waals surface area contributed by atoms with E-state index in [1.165, 1.54) is 19.2 Å². The Bertz CT molecular complexity index is 539. The average molecular weight is 426 g/mol. The lowest BCUT2D eigenvalue weighted by Gasteiger charge is -2.18. The van der Waals surface area contributed by atoms with Crippen LogP contribution in [0.2, 0.25) is 10.0 Å². The van der Waals surface area contributed by atoms with Gasteiger partial charge in [-0.25, -0.2) is 13.1 Å². The van der Waals surface area contributed by atoms with Crippen molar-refractivity contribution in [1.82, 2.24) is 4.72 Å². The lowest BCUT2D eigenvalue weighted by atomic mass is 10.3.